The standard InChI is InChI=1S/C13H17N3O3S/c1-13(2,8-19-3)16-10-4-5-14-6-9(10)15-12(16)20-7-11(17)18/h4-6H,7-8H2,1-3H3,(H,17,18). The number of carboxylic acids is 1. The summed E-state index contributed by atoms with van der Waals surface area (Å²) in [4.78, 5) is 19.3. The second-order valence-electron chi connectivity index (χ2n) is 5.02. The van der Waals surface area contributed by atoms with E-state index in [0.717, 1.165) is 11.0 Å². The van der Waals surface area contributed by atoms with Gasteiger partial charge in [-0.1, -0.05) is 11.8 Å². The van der Waals surface area contributed by atoms with Crippen LogP contribution in [0.2, 0.25) is 0 Å². The number of carbonyl (C=O) groups is 1. The molecule has 0 bridgehead atoms. The number of hydrogen-bond donors (Lipinski definition) is 1. The lowest BCUT2D eigenvalue weighted by Gasteiger charge is -2.28. The molecule has 0 aliphatic heterocycles. The van der Waals surface area contributed by atoms with Gasteiger partial charge < -0.3 is 14.4 Å². The summed E-state index contributed by atoms with van der Waals surface area (Å²) < 4.78 is 7.29. The van der Waals surface area contributed by atoms with Crippen molar-refractivity contribution in [2.75, 3.05) is 19.5 Å². The Morgan fingerprint density at radius 3 is 2.95 bits per heavy atom. The fraction of sp³-hybridized carbons (Fsp3) is 0.462. The molecule has 0 atom stereocenters. The van der Waals surface area contributed by atoms with Gasteiger partial charge in [-0.15, -0.1) is 0 Å². The molecule has 20 heavy (non-hydrogen) atoms. The van der Waals surface area contributed by atoms with Crippen molar-refractivity contribution in [2.45, 2.75) is 24.5 Å². The van der Waals surface area contributed by atoms with E-state index < -0.39 is 5.97 Å². The summed E-state index contributed by atoms with van der Waals surface area (Å²) in [6.45, 7) is 4.56. The summed E-state index contributed by atoms with van der Waals surface area (Å²) in [6, 6.07) is 1.88. The lowest BCUT2D eigenvalue weighted by molar-refractivity contribution is -0.133. The zero-order valence-corrected chi connectivity index (χ0v) is 12.5. The molecule has 0 saturated carbocycles. The van der Waals surface area contributed by atoms with Crippen LogP contribution in [-0.2, 0) is 15.1 Å². The van der Waals surface area contributed by atoms with E-state index in [0.29, 0.717) is 11.8 Å². The van der Waals surface area contributed by atoms with Crippen molar-refractivity contribution in [1.29, 1.82) is 0 Å². The summed E-state index contributed by atoms with van der Waals surface area (Å²) >= 11 is 1.20. The Balaban J connectivity index is 2.52. The van der Waals surface area contributed by atoms with Gasteiger partial charge in [-0.05, 0) is 19.9 Å². The maximum atomic E-state index is 10.8. The molecule has 2 rings (SSSR count). The molecule has 2 heterocycles. The van der Waals surface area contributed by atoms with Gasteiger partial charge in [-0.25, -0.2) is 4.98 Å². The Hall–Kier alpha value is -1.60. The zero-order chi connectivity index (χ0) is 14.8. The number of nitrogens with zero attached hydrogens (tertiary/aromatic N) is 3. The number of aromatic nitrogens is 3. The summed E-state index contributed by atoms with van der Waals surface area (Å²) in [5.74, 6) is -0.893. The molecule has 0 spiro atoms. The van der Waals surface area contributed by atoms with Gasteiger partial charge in [0.05, 0.1) is 29.6 Å². The van der Waals surface area contributed by atoms with Crippen molar-refractivity contribution in [3.63, 3.8) is 0 Å². The molecular weight excluding hydrogens is 278 g/mol. The predicted molar refractivity (Wildman–Crippen MR) is 77.1 cm³/mol. The second-order valence-corrected chi connectivity index (χ2v) is 5.96. The van der Waals surface area contributed by atoms with Crippen LogP contribution < -0.4 is 0 Å². The number of pyridine rings is 1. The van der Waals surface area contributed by atoms with Crippen LogP contribution in [0.5, 0.6) is 0 Å². The van der Waals surface area contributed by atoms with Gasteiger partial charge in [-0.3, -0.25) is 9.78 Å². The minimum absolute atomic E-state index is 0.0280. The van der Waals surface area contributed by atoms with E-state index in [1.807, 2.05) is 24.5 Å². The monoisotopic (exact) mass is 295 g/mol. The molecule has 0 amide bonds. The van der Waals surface area contributed by atoms with Crippen LogP contribution in [0.15, 0.2) is 23.6 Å². The molecule has 0 fully saturated rings. The fourth-order valence-electron chi connectivity index (χ4n) is 2.14. The van der Waals surface area contributed by atoms with E-state index >= 15 is 0 Å². The smallest absolute Gasteiger partial charge is 0.313 e. The van der Waals surface area contributed by atoms with Gasteiger partial charge in [0, 0.05) is 13.3 Å². The highest BCUT2D eigenvalue weighted by Crippen LogP contribution is 2.30. The fourth-order valence-corrected chi connectivity index (χ4v) is 3.03. The van der Waals surface area contributed by atoms with Crippen LogP contribution in [0.3, 0.4) is 0 Å². The van der Waals surface area contributed by atoms with Gasteiger partial charge in [0.2, 0.25) is 0 Å². The SMILES string of the molecule is COCC(C)(C)n1c(SCC(=O)O)nc2cnccc21. The van der Waals surface area contributed by atoms with E-state index in [9.17, 15) is 4.79 Å². The van der Waals surface area contributed by atoms with Crippen LogP contribution in [0.1, 0.15) is 13.8 Å². The molecule has 7 heteroatoms. The van der Waals surface area contributed by atoms with E-state index in [-0.39, 0.29) is 11.3 Å². The van der Waals surface area contributed by atoms with Crippen molar-refractivity contribution >= 4 is 28.8 Å². The lowest BCUT2D eigenvalue weighted by Crippen LogP contribution is -2.32. The molecule has 1 N–H and O–H groups in total. The zero-order valence-electron chi connectivity index (χ0n) is 11.7. The molecule has 0 saturated heterocycles. The molecule has 2 aromatic rings. The van der Waals surface area contributed by atoms with Crippen molar-refractivity contribution in [3.8, 4) is 0 Å². The number of fused-ring (bicyclic) bond motifs is 1. The molecule has 0 aromatic carbocycles. The molecule has 0 aliphatic carbocycles. The average Bonchev–Trinajstić information content (AvgIpc) is 2.75. The normalized spacial score (nSPS) is 11.9. The van der Waals surface area contributed by atoms with Crippen molar-refractivity contribution in [2.24, 2.45) is 0 Å². The largest absolute Gasteiger partial charge is 0.481 e. The Morgan fingerprint density at radius 2 is 2.30 bits per heavy atom. The maximum absolute atomic E-state index is 10.8. The van der Waals surface area contributed by atoms with E-state index in [1.165, 1.54) is 11.8 Å². The van der Waals surface area contributed by atoms with Crippen LogP contribution in [0.25, 0.3) is 11.0 Å². The van der Waals surface area contributed by atoms with E-state index in [4.69, 9.17) is 9.84 Å². The minimum atomic E-state index is -0.865. The summed E-state index contributed by atoms with van der Waals surface area (Å²) in [5, 5.41) is 9.52. The lowest BCUT2D eigenvalue weighted by atomic mass is 10.1. The van der Waals surface area contributed by atoms with Crippen LogP contribution in [0.4, 0.5) is 0 Å². The maximum Gasteiger partial charge on any atom is 0.313 e. The third-order valence-corrected chi connectivity index (χ3v) is 3.78. The molecule has 108 valence electrons. The first-order chi connectivity index (χ1) is 9.45. The van der Waals surface area contributed by atoms with Gasteiger partial charge in [0.15, 0.2) is 5.16 Å². The summed E-state index contributed by atoms with van der Waals surface area (Å²) in [7, 11) is 1.65. The van der Waals surface area contributed by atoms with Gasteiger partial charge in [-0.2, -0.15) is 0 Å². The van der Waals surface area contributed by atoms with Crippen LogP contribution in [0, 0.1) is 0 Å². The molecule has 2 aromatic heterocycles. The molecular formula is C13H17N3O3S. The predicted octanol–water partition coefficient (Wildman–Crippen LogP) is 1.99. The molecule has 0 radical (unpaired) electrons. The first-order valence-electron chi connectivity index (χ1n) is 6.12. The third kappa shape index (κ3) is 2.94. The van der Waals surface area contributed by atoms with E-state index in [2.05, 4.69) is 9.97 Å². The number of carboxylic acid groups (broad SMARTS) is 1. The topological polar surface area (TPSA) is 77.2 Å². The van der Waals surface area contributed by atoms with Gasteiger partial charge in [0.1, 0.15) is 5.52 Å². The van der Waals surface area contributed by atoms with Crippen LogP contribution in [-0.4, -0.2) is 45.1 Å². The molecule has 0 aliphatic rings. The van der Waals surface area contributed by atoms with Crippen molar-refractivity contribution in [1.82, 2.24) is 14.5 Å². The quantitative estimate of drug-likeness (QED) is 0.821. The summed E-state index contributed by atoms with van der Waals surface area (Å²) in [6.07, 6.45) is 3.38. The summed E-state index contributed by atoms with van der Waals surface area (Å²) in [5.41, 5.74) is 1.35. The highest BCUT2D eigenvalue weighted by atomic mass is 32.2. The Morgan fingerprint density at radius 1 is 1.55 bits per heavy atom. The number of thioether (sulfide) groups is 1. The first kappa shape index (κ1) is 14.8. The number of methoxy groups -OCH3 is 1. The number of aliphatic carboxylic acids is 1. The number of rotatable bonds is 6. The first-order valence-corrected chi connectivity index (χ1v) is 7.11. The van der Waals surface area contributed by atoms with Crippen LogP contribution >= 0.6 is 11.8 Å². The van der Waals surface area contributed by atoms with E-state index in [1.54, 1.807) is 19.5 Å². The highest BCUT2D eigenvalue weighted by Gasteiger charge is 2.26. The highest BCUT2D eigenvalue weighted by molar-refractivity contribution is 7.99. The van der Waals surface area contributed by atoms with Gasteiger partial charge >= 0.3 is 5.97 Å². The molecule has 0 unspecified atom stereocenters. The minimum Gasteiger partial charge on any atom is -0.481 e. The second kappa shape index (κ2) is 5.80. The third-order valence-electron chi connectivity index (χ3n) is 2.85. The van der Waals surface area contributed by atoms with Crippen molar-refractivity contribution in [3.05, 3.63) is 18.5 Å². The Bertz CT molecular complexity index is 624. The average molecular weight is 295 g/mol. The number of hydrogen-bond acceptors (Lipinski definition) is 5. The number of imidazole rings is 1. The number of ether oxygens (including phenoxy) is 1. The van der Waals surface area contributed by atoms with Crippen molar-refractivity contribution < 1.29 is 14.6 Å². The Kier molecular flexibility index (Phi) is 4.29. The Labute approximate surface area is 121 Å². The molecule has 6 nitrogen and oxygen atoms in total. The van der Waals surface area contributed by atoms with Gasteiger partial charge in [0.25, 0.3) is 0 Å².